The monoisotopic (exact) mass is 510 g/mol. The third-order valence-corrected chi connectivity index (χ3v) is 6.34. The third-order valence-electron chi connectivity index (χ3n) is 5.61. The van der Waals surface area contributed by atoms with Crippen molar-refractivity contribution in [2.45, 2.75) is 18.9 Å². The molecular formula is C25H24Cl2N6O2. The van der Waals surface area contributed by atoms with Crippen LogP contribution in [0.5, 0.6) is 0 Å². The highest BCUT2D eigenvalue weighted by Crippen LogP contribution is 2.30. The van der Waals surface area contributed by atoms with Crippen LogP contribution in [-0.2, 0) is 11.3 Å². The molecule has 7 N–H and O–H groups in total. The van der Waals surface area contributed by atoms with Crippen LogP contribution in [-0.4, -0.2) is 28.6 Å². The lowest BCUT2D eigenvalue weighted by Crippen LogP contribution is -2.23. The van der Waals surface area contributed by atoms with E-state index >= 15 is 0 Å². The Kier molecular flexibility index (Phi) is 7.67. The molecule has 0 radical (unpaired) electrons. The molecule has 1 atom stereocenters. The Hall–Kier alpha value is -3.43. The lowest BCUT2D eigenvalue weighted by molar-refractivity contribution is -0.117. The number of anilines is 2. The van der Waals surface area contributed by atoms with Crippen molar-refractivity contribution in [1.29, 1.82) is 0 Å². The summed E-state index contributed by atoms with van der Waals surface area (Å²) in [6.45, 7) is 0.656. The molecule has 2 amide bonds. The van der Waals surface area contributed by atoms with Crippen molar-refractivity contribution in [2.75, 3.05) is 17.2 Å². The number of nitrogens with one attached hydrogen (secondary N) is 3. The zero-order valence-corrected chi connectivity index (χ0v) is 20.2. The normalized spacial score (nSPS) is 11.9. The fourth-order valence-corrected chi connectivity index (χ4v) is 4.09. The van der Waals surface area contributed by atoms with Gasteiger partial charge >= 0.3 is 0 Å². The van der Waals surface area contributed by atoms with Crippen LogP contribution in [0.3, 0.4) is 0 Å². The van der Waals surface area contributed by atoms with Crippen molar-refractivity contribution < 1.29 is 9.59 Å². The van der Waals surface area contributed by atoms with Gasteiger partial charge in [0.15, 0.2) is 5.82 Å². The number of halogens is 2. The minimum absolute atomic E-state index is 0.235. The van der Waals surface area contributed by atoms with Crippen LogP contribution in [0.4, 0.5) is 11.5 Å². The van der Waals surface area contributed by atoms with Gasteiger partial charge < -0.3 is 22.1 Å². The second kappa shape index (κ2) is 10.9. The molecule has 1 unspecified atom stereocenters. The van der Waals surface area contributed by atoms with Crippen LogP contribution in [0.25, 0.3) is 10.9 Å². The van der Waals surface area contributed by atoms with E-state index in [0.29, 0.717) is 57.5 Å². The number of nitrogens with zero attached hydrogens (tertiary/aromatic N) is 1. The molecule has 0 bridgehead atoms. The van der Waals surface area contributed by atoms with Gasteiger partial charge in [-0.3, -0.25) is 14.7 Å². The van der Waals surface area contributed by atoms with E-state index in [2.05, 4.69) is 20.8 Å². The predicted molar refractivity (Wildman–Crippen MR) is 140 cm³/mol. The van der Waals surface area contributed by atoms with Gasteiger partial charge in [-0.1, -0.05) is 41.4 Å². The van der Waals surface area contributed by atoms with Gasteiger partial charge in [-0.05, 0) is 66.6 Å². The average Bonchev–Trinajstić information content (AvgIpc) is 3.26. The minimum atomic E-state index is -0.510. The summed E-state index contributed by atoms with van der Waals surface area (Å²) in [6.07, 6.45) is 0.431. The van der Waals surface area contributed by atoms with E-state index in [4.69, 9.17) is 34.7 Å². The quantitative estimate of drug-likeness (QED) is 0.234. The number of rotatable bonds is 8. The highest BCUT2D eigenvalue weighted by Gasteiger charge is 2.21. The summed E-state index contributed by atoms with van der Waals surface area (Å²) >= 11 is 12.2. The summed E-state index contributed by atoms with van der Waals surface area (Å²) in [4.78, 5) is 25.9. The lowest BCUT2D eigenvalue weighted by Gasteiger charge is -2.17. The molecule has 4 aromatic rings. The maximum atomic E-state index is 13.1. The number of fused-ring (bicyclic) bond motifs is 1. The molecule has 0 aliphatic rings. The molecule has 1 heterocycles. The summed E-state index contributed by atoms with van der Waals surface area (Å²) in [5.41, 5.74) is 14.7. The minimum Gasteiger partial charge on any atom is -0.330 e. The summed E-state index contributed by atoms with van der Waals surface area (Å²) in [5, 5.41) is 14.3. The first-order chi connectivity index (χ1) is 16.9. The zero-order valence-electron chi connectivity index (χ0n) is 18.6. The van der Waals surface area contributed by atoms with E-state index in [1.165, 1.54) is 0 Å². The van der Waals surface area contributed by atoms with Gasteiger partial charge in [0.1, 0.15) is 0 Å². The van der Waals surface area contributed by atoms with Crippen LogP contribution in [0.2, 0.25) is 10.0 Å². The van der Waals surface area contributed by atoms with Gasteiger partial charge in [0.05, 0.1) is 21.5 Å². The number of carbonyl (C=O) groups is 2. The van der Waals surface area contributed by atoms with Gasteiger partial charge in [-0.15, -0.1) is 0 Å². The van der Waals surface area contributed by atoms with Gasteiger partial charge in [-0.2, -0.15) is 5.10 Å². The maximum absolute atomic E-state index is 13.1. The zero-order chi connectivity index (χ0) is 24.9. The summed E-state index contributed by atoms with van der Waals surface area (Å²) in [5.74, 6) is -0.710. The second-order valence-electron chi connectivity index (χ2n) is 7.98. The molecule has 4 rings (SSSR count). The van der Waals surface area contributed by atoms with Crippen molar-refractivity contribution >= 4 is 57.4 Å². The molecule has 3 aromatic carbocycles. The van der Waals surface area contributed by atoms with E-state index in [1.54, 1.807) is 54.6 Å². The molecule has 1 aromatic heterocycles. The van der Waals surface area contributed by atoms with Crippen molar-refractivity contribution in [3.63, 3.8) is 0 Å². The molecule has 35 heavy (non-hydrogen) atoms. The third kappa shape index (κ3) is 5.63. The Balaban J connectivity index is 1.56. The summed E-state index contributed by atoms with van der Waals surface area (Å²) in [6, 6.07) is 17.4. The SMILES string of the molecule is NCCC(C(=O)Nc1ccc2[nH]nc(NC(=O)c3cccc(CN)c3)c2c1)c1ccc(Cl)c(Cl)c1. The van der Waals surface area contributed by atoms with E-state index in [1.807, 2.05) is 6.07 Å². The van der Waals surface area contributed by atoms with Crippen molar-refractivity contribution in [3.8, 4) is 0 Å². The van der Waals surface area contributed by atoms with Crippen LogP contribution in [0, 0.1) is 0 Å². The Labute approximate surface area is 212 Å². The van der Waals surface area contributed by atoms with E-state index in [9.17, 15) is 9.59 Å². The Bertz CT molecular complexity index is 1390. The molecule has 0 saturated heterocycles. The van der Waals surface area contributed by atoms with Crippen molar-refractivity contribution in [1.82, 2.24) is 10.2 Å². The lowest BCUT2D eigenvalue weighted by atomic mass is 9.94. The van der Waals surface area contributed by atoms with Gasteiger partial charge in [0.2, 0.25) is 5.91 Å². The molecule has 0 spiro atoms. The summed E-state index contributed by atoms with van der Waals surface area (Å²) in [7, 11) is 0. The van der Waals surface area contributed by atoms with E-state index in [0.717, 1.165) is 11.1 Å². The molecular weight excluding hydrogens is 487 g/mol. The van der Waals surface area contributed by atoms with E-state index < -0.39 is 5.92 Å². The highest BCUT2D eigenvalue weighted by atomic mass is 35.5. The second-order valence-corrected chi connectivity index (χ2v) is 8.80. The standard InChI is InChI=1S/C25H24Cl2N6O2/c26-20-6-4-15(11-21(20)27)18(8-9-28)25(35)30-17-5-7-22-19(12-17)23(33-32-22)31-24(34)16-3-1-2-14(10-16)13-29/h1-7,10-12,18H,8-9,13,28-29H2,(H,30,35)(H2,31,32,33,34). The Morgan fingerprint density at radius 3 is 2.54 bits per heavy atom. The van der Waals surface area contributed by atoms with E-state index in [-0.39, 0.29) is 11.8 Å². The molecule has 10 heteroatoms. The number of benzene rings is 3. The Morgan fingerprint density at radius 1 is 0.971 bits per heavy atom. The molecule has 0 aliphatic heterocycles. The van der Waals surface area contributed by atoms with Crippen LogP contribution >= 0.6 is 23.2 Å². The Morgan fingerprint density at radius 2 is 1.80 bits per heavy atom. The number of hydrogen-bond donors (Lipinski definition) is 5. The van der Waals surface area contributed by atoms with Gasteiger partial charge in [-0.25, -0.2) is 0 Å². The van der Waals surface area contributed by atoms with Crippen LogP contribution in [0.15, 0.2) is 60.7 Å². The number of nitrogens with two attached hydrogens (primary N) is 2. The number of carbonyl (C=O) groups excluding carboxylic acids is 2. The number of aromatic amines is 1. The van der Waals surface area contributed by atoms with Crippen LogP contribution < -0.4 is 22.1 Å². The van der Waals surface area contributed by atoms with Crippen molar-refractivity contribution in [2.24, 2.45) is 11.5 Å². The smallest absolute Gasteiger partial charge is 0.256 e. The molecule has 0 aliphatic carbocycles. The predicted octanol–water partition coefficient (Wildman–Crippen LogP) is 4.65. The molecule has 0 fully saturated rings. The summed E-state index contributed by atoms with van der Waals surface area (Å²) < 4.78 is 0. The molecule has 0 saturated carbocycles. The fourth-order valence-electron chi connectivity index (χ4n) is 3.78. The molecule has 180 valence electrons. The van der Waals surface area contributed by atoms with Gasteiger partial charge in [0.25, 0.3) is 5.91 Å². The number of H-pyrrole nitrogens is 1. The number of hydrogen-bond acceptors (Lipinski definition) is 5. The molecule has 8 nitrogen and oxygen atoms in total. The van der Waals surface area contributed by atoms with Crippen molar-refractivity contribution in [3.05, 3.63) is 87.4 Å². The van der Waals surface area contributed by atoms with Gasteiger partial charge in [0, 0.05) is 23.2 Å². The highest BCUT2D eigenvalue weighted by molar-refractivity contribution is 6.42. The first kappa shape index (κ1) is 24.7. The number of aromatic nitrogens is 2. The average molecular weight is 511 g/mol. The topological polar surface area (TPSA) is 139 Å². The largest absolute Gasteiger partial charge is 0.330 e. The first-order valence-corrected chi connectivity index (χ1v) is 11.7. The number of amides is 2. The van der Waals surface area contributed by atoms with Crippen LogP contribution in [0.1, 0.15) is 33.8 Å². The fraction of sp³-hybridized carbons (Fsp3) is 0.160. The maximum Gasteiger partial charge on any atom is 0.256 e. The first-order valence-electron chi connectivity index (χ1n) is 10.9.